The maximum Gasteiger partial charge on any atom is 0.407 e. The van der Waals surface area contributed by atoms with Crippen molar-refractivity contribution in [3.05, 3.63) is 58.1 Å². The number of nitrogens with one attached hydrogen (secondary N) is 1. The highest BCUT2D eigenvalue weighted by atomic mass is 35.5. The summed E-state index contributed by atoms with van der Waals surface area (Å²) >= 11 is 12.4. The summed E-state index contributed by atoms with van der Waals surface area (Å²) in [6.45, 7) is 6.53. The Labute approximate surface area is 235 Å². The van der Waals surface area contributed by atoms with Crippen molar-refractivity contribution in [1.29, 1.82) is 0 Å². The molecular formula is C30H38Cl2N2O4. The predicted molar refractivity (Wildman–Crippen MR) is 152 cm³/mol. The number of likely N-dealkylation sites (tertiary alicyclic amines) is 1. The average molecular weight is 562 g/mol. The standard InChI is InChI=1S/C30H38Cl2N2O4/c1-29(2,3)38-28(36)33-23-12-16-34(17-13-23)27(35)26(30(37)14-5-4-6-15-30)22-9-7-8-20(18-22)21-10-11-24(31)25(32)19-21/h7-11,18-19,23,26,37H,4-6,12-17H2,1-3H3,(H,33,36). The van der Waals surface area contributed by atoms with Gasteiger partial charge in [-0.25, -0.2) is 4.79 Å². The van der Waals surface area contributed by atoms with E-state index in [4.69, 9.17) is 27.9 Å². The SMILES string of the molecule is CC(C)(C)OC(=O)NC1CCN(C(=O)C(c2cccc(-c3ccc(Cl)c(Cl)c3)c2)C2(O)CCCCC2)CC1. The third-order valence-electron chi connectivity index (χ3n) is 7.50. The molecule has 0 aromatic heterocycles. The molecule has 38 heavy (non-hydrogen) atoms. The van der Waals surface area contributed by atoms with Crippen LogP contribution < -0.4 is 5.32 Å². The van der Waals surface area contributed by atoms with Crippen LogP contribution in [0.1, 0.15) is 77.2 Å². The fourth-order valence-corrected chi connectivity index (χ4v) is 5.91. The fraction of sp³-hybridized carbons (Fsp3) is 0.533. The molecule has 4 rings (SSSR count). The molecule has 2 aromatic carbocycles. The molecule has 8 heteroatoms. The van der Waals surface area contributed by atoms with Gasteiger partial charge in [0.25, 0.3) is 0 Å². The van der Waals surface area contributed by atoms with Gasteiger partial charge in [0.05, 0.1) is 21.6 Å². The molecule has 1 heterocycles. The van der Waals surface area contributed by atoms with Crippen molar-refractivity contribution < 1.29 is 19.4 Å². The number of aliphatic hydroxyl groups is 1. The minimum Gasteiger partial charge on any atom is -0.444 e. The van der Waals surface area contributed by atoms with Crippen molar-refractivity contribution in [3.8, 4) is 11.1 Å². The number of halogens is 2. The molecule has 2 aliphatic rings. The van der Waals surface area contributed by atoms with E-state index >= 15 is 0 Å². The number of carbonyl (C=O) groups excluding carboxylic acids is 2. The van der Waals surface area contributed by atoms with Gasteiger partial charge < -0.3 is 20.1 Å². The number of benzene rings is 2. The lowest BCUT2D eigenvalue weighted by molar-refractivity contribution is -0.142. The summed E-state index contributed by atoms with van der Waals surface area (Å²) in [5.41, 5.74) is 0.958. The van der Waals surface area contributed by atoms with Crippen LogP contribution in [0.25, 0.3) is 11.1 Å². The highest BCUT2D eigenvalue weighted by Gasteiger charge is 2.45. The van der Waals surface area contributed by atoms with Crippen LogP contribution in [0, 0.1) is 0 Å². The zero-order chi connectivity index (χ0) is 27.5. The molecule has 1 unspecified atom stereocenters. The Bertz CT molecular complexity index is 1150. The quantitative estimate of drug-likeness (QED) is 0.414. The van der Waals surface area contributed by atoms with Gasteiger partial charge in [0.1, 0.15) is 5.60 Å². The summed E-state index contributed by atoms with van der Waals surface area (Å²) in [5, 5.41) is 15.7. The maximum atomic E-state index is 14.1. The predicted octanol–water partition coefficient (Wildman–Crippen LogP) is 6.95. The van der Waals surface area contributed by atoms with E-state index in [-0.39, 0.29) is 11.9 Å². The van der Waals surface area contributed by atoms with E-state index in [1.807, 2.05) is 62.1 Å². The number of hydrogen-bond acceptors (Lipinski definition) is 4. The molecule has 1 atom stereocenters. The summed E-state index contributed by atoms with van der Waals surface area (Å²) in [6.07, 6.45) is 4.89. The molecule has 2 aromatic rings. The first kappa shape index (κ1) is 28.7. The second-order valence-corrected chi connectivity index (χ2v) is 12.4. The van der Waals surface area contributed by atoms with Crippen molar-refractivity contribution in [3.63, 3.8) is 0 Å². The zero-order valence-corrected chi connectivity index (χ0v) is 23.9. The summed E-state index contributed by atoms with van der Waals surface area (Å²) < 4.78 is 5.39. The van der Waals surface area contributed by atoms with E-state index in [1.165, 1.54) is 0 Å². The summed E-state index contributed by atoms with van der Waals surface area (Å²) in [7, 11) is 0. The average Bonchev–Trinajstić information content (AvgIpc) is 2.85. The van der Waals surface area contributed by atoms with Gasteiger partial charge >= 0.3 is 6.09 Å². The minimum atomic E-state index is -1.10. The first-order chi connectivity index (χ1) is 17.9. The molecule has 206 valence electrons. The molecule has 1 saturated carbocycles. The second kappa shape index (κ2) is 11.8. The van der Waals surface area contributed by atoms with Crippen LogP contribution in [0.2, 0.25) is 10.0 Å². The number of ether oxygens (including phenoxy) is 1. The highest BCUT2D eigenvalue weighted by Crippen LogP contribution is 2.42. The monoisotopic (exact) mass is 560 g/mol. The second-order valence-electron chi connectivity index (χ2n) is 11.6. The van der Waals surface area contributed by atoms with E-state index < -0.39 is 23.2 Å². The van der Waals surface area contributed by atoms with Crippen molar-refractivity contribution in [2.24, 2.45) is 0 Å². The summed E-state index contributed by atoms with van der Waals surface area (Å²) in [4.78, 5) is 28.1. The molecule has 0 bridgehead atoms. The molecule has 1 aliphatic carbocycles. The Morgan fingerprint density at radius 3 is 2.29 bits per heavy atom. The normalized spacial score (nSPS) is 19.1. The first-order valence-electron chi connectivity index (χ1n) is 13.5. The molecule has 2 fully saturated rings. The first-order valence-corrected chi connectivity index (χ1v) is 14.3. The third kappa shape index (κ3) is 7.02. The molecule has 0 spiro atoms. The van der Waals surface area contributed by atoms with E-state index in [0.29, 0.717) is 48.8 Å². The summed E-state index contributed by atoms with van der Waals surface area (Å²) in [6, 6.07) is 13.3. The lowest BCUT2D eigenvalue weighted by Gasteiger charge is -2.42. The number of hydrogen-bond donors (Lipinski definition) is 2. The Hall–Kier alpha value is -2.28. The van der Waals surface area contributed by atoms with Crippen LogP contribution in [0.4, 0.5) is 4.79 Å². The van der Waals surface area contributed by atoms with Crippen LogP contribution in [0.3, 0.4) is 0 Å². The molecular weight excluding hydrogens is 523 g/mol. The van der Waals surface area contributed by atoms with Crippen LogP contribution in [-0.2, 0) is 9.53 Å². The lowest BCUT2D eigenvalue weighted by atomic mass is 9.71. The summed E-state index contributed by atoms with van der Waals surface area (Å²) in [5.74, 6) is -0.725. The van der Waals surface area contributed by atoms with E-state index in [9.17, 15) is 14.7 Å². The Balaban J connectivity index is 1.55. The highest BCUT2D eigenvalue weighted by molar-refractivity contribution is 6.42. The molecule has 1 aliphatic heterocycles. The number of piperidine rings is 1. The van der Waals surface area contributed by atoms with Crippen molar-refractivity contribution in [1.82, 2.24) is 10.2 Å². The van der Waals surface area contributed by atoms with Gasteiger partial charge in [-0.3, -0.25) is 4.79 Å². The van der Waals surface area contributed by atoms with Crippen molar-refractivity contribution >= 4 is 35.2 Å². The van der Waals surface area contributed by atoms with E-state index in [1.54, 1.807) is 6.07 Å². The molecule has 2 amide bonds. The molecule has 6 nitrogen and oxygen atoms in total. The Kier molecular flexibility index (Phi) is 8.96. The van der Waals surface area contributed by atoms with E-state index in [2.05, 4.69) is 5.32 Å². The Morgan fingerprint density at radius 1 is 1.00 bits per heavy atom. The number of alkyl carbamates (subject to hydrolysis) is 1. The molecule has 0 radical (unpaired) electrons. The lowest BCUT2D eigenvalue weighted by Crippen LogP contribution is -2.52. The van der Waals surface area contributed by atoms with Crippen molar-refractivity contribution in [2.75, 3.05) is 13.1 Å². The zero-order valence-electron chi connectivity index (χ0n) is 22.4. The maximum absolute atomic E-state index is 14.1. The number of carbonyl (C=O) groups is 2. The van der Waals surface area contributed by atoms with Gasteiger partial charge in [-0.2, -0.15) is 0 Å². The number of nitrogens with zero attached hydrogens (tertiary/aromatic N) is 1. The van der Waals surface area contributed by atoms with Gasteiger partial charge in [-0.05, 0) is 75.3 Å². The smallest absolute Gasteiger partial charge is 0.407 e. The van der Waals surface area contributed by atoms with Gasteiger partial charge in [0.2, 0.25) is 5.91 Å². The largest absolute Gasteiger partial charge is 0.444 e. The van der Waals surface area contributed by atoms with Crippen LogP contribution in [-0.4, -0.2) is 52.3 Å². The van der Waals surface area contributed by atoms with Gasteiger partial charge in [0.15, 0.2) is 0 Å². The van der Waals surface area contributed by atoms with Crippen LogP contribution >= 0.6 is 23.2 Å². The number of rotatable bonds is 5. The third-order valence-corrected chi connectivity index (χ3v) is 8.24. The van der Waals surface area contributed by atoms with Gasteiger partial charge in [-0.15, -0.1) is 0 Å². The Morgan fingerprint density at radius 2 is 1.66 bits per heavy atom. The fourth-order valence-electron chi connectivity index (χ4n) is 5.61. The topological polar surface area (TPSA) is 78.9 Å². The van der Waals surface area contributed by atoms with Crippen LogP contribution in [0.5, 0.6) is 0 Å². The minimum absolute atomic E-state index is 0.0527. The number of amides is 2. The molecule has 2 N–H and O–H groups in total. The molecule has 1 saturated heterocycles. The van der Waals surface area contributed by atoms with Gasteiger partial charge in [0, 0.05) is 19.1 Å². The van der Waals surface area contributed by atoms with Crippen molar-refractivity contribution in [2.45, 2.75) is 88.9 Å². The van der Waals surface area contributed by atoms with Gasteiger partial charge in [-0.1, -0.05) is 72.8 Å². The van der Waals surface area contributed by atoms with Crippen LogP contribution in [0.15, 0.2) is 42.5 Å². The van der Waals surface area contributed by atoms with E-state index in [0.717, 1.165) is 36.0 Å².